The molecule has 7 nitrogen and oxygen atoms in total. The molecule has 3 N–H and O–H groups in total. The summed E-state index contributed by atoms with van der Waals surface area (Å²) in [5.74, 6) is 0.0946. The Hall–Kier alpha value is -1.57. The zero-order valence-corrected chi connectivity index (χ0v) is 10.9. The van der Waals surface area contributed by atoms with Gasteiger partial charge in [-0.2, -0.15) is 11.8 Å². The van der Waals surface area contributed by atoms with Gasteiger partial charge in [-0.1, -0.05) is 6.42 Å². The lowest BCUT2D eigenvalue weighted by Crippen LogP contribution is -2.40. The van der Waals surface area contributed by atoms with E-state index in [4.69, 9.17) is 5.73 Å². The Bertz CT molecular complexity index is 458. The molecular weight excluding hydrogens is 254 g/mol. The van der Waals surface area contributed by atoms with E-state index in [0.717, 1.165) is 12.8 Å². The average Bonchev–Trinajstić information content (AvgIpc) is 2.27. The van der Waals surface area contributed by atoms with Crippen LogP contribution < -0.4 is 11.1 Å². The third-order valence-electron chi connectivity index (χ3n) is 3.31. The molecule has 1 aliphatic rings. The van der Waals surface area contributed by atoms with Gasteiger partial charge in [0.1, 0.15) is 6.33 Å². The number of anilines is 2. The summed E-state index contributed by atoms with van der Waals surface area (Å²) >= 11 is 1.79. The number of nitrogens with one attached hydrogen (secondary N) is 1. The highest BCUT2D eigenvalue weighted by Gasteiger charge is 2.36. The van der Waals surface area contributed by atoms with Crippen molar-refractivity contribution >= 4 is 29.1 Å². The minimum absolute atomic E-state index is 0.107. The van der Waals surface area contributed by atoms with Gasteiger partial charge in [0.05, 0.1) is 4.92 Å². The molecule has 1 saturated carbocycles. The molecule has 0 aromatic carbocycles. The highest BCUT2D eigenvalue weighted by atomic mass is 32.2. The van der Waals surface area contributed by atoms with E-state index in [2.05, 4.69) is 21.5 Å². The fourth-order valence-electron chi connectivity index (χ4n) is 1.97. The largest absolute Gasteiger partial charge is 0.378 e. The maximum Gasteiger partial charge on any atom is 0.352 e. The second-order valence-corrected chi connectivity index (χ2v) is 5.58. The van der Waals surface area contributed by atoms with Crippen LogP contribution in [0.2, 0.25) is 0 Å². The minimum Gasteiger partial charge on any atom is -0.378 e. The predicted molar refractivity (Wildman–Crippen MR) is 71.7 cm³/mol. The van der Waals surface area contributed by atoms with Crippen LogP contribution in [0.4, 0.5) is 17.3 Å². The molecule has 0 aliphatic heterocycles. The number of nitrogens with two attached hydrogens (primary N) is 1. The molecule has 1 aliphatic carbocycles. The smallest absolute Gasteiger partial charge is 0.352 e. The van der Waals surface area contributed by atoms with Gasteiger partial charge in [-0.05, 0) is 19.1 Å². The van der Waals surface area contributed by atoms with Crippen LogP contribution in [0.15, 0.2) is 6.33 Å². The third kappa shape index (κ3) is 2.33. The summed E-state index contributed by atoms with van der Waals surface area (Å²) in [5, 5.41) is 14.0. The van der Waals surface area contributed by atoms with Gasteiger partial charge in [-0.3, -0.25) is 10.1 Å². The molecule has 0 unspecified atom stereocenters. The van der Waals surface area contributed by atoms with Crippen molar-refractivity contribution in [2.24, 2.45) is 0 Å². The highest BCUT2D eigenvalue weighted by Crippen LogP contribution is 2.43. The van der Waals surface area contributed by atoms with Crippen LogP contribution in [-0.4, -0.2) is 32.4 Å². The van der Waals surface area contributed by atoms with Crippen LogP contribution in [0, 0.1) is 10.1 Å². The monoisotopic (exact) mass is 269 g/mol. The standard InChI is InChI=1S/C10H15N5O2S/c1-18-10(3-2-4-10)5-12-9-7(15(16)17)8(11)13-6-14-9/h6H,2-5H2,1H3,(H3,11,12,13,14). The Morgan fingerprint density at radius 1 is 1.61 bits per heavy atom. The normalized spacial score (nSPS) is 16.9. The van der Waals surface area contributed by atoms with E-state index in [9.17, 15) is 10.1 Å². The second kappa shape index (κ2) is 4.97. The van der Waals surface area contributed by atoms with E-state index in [1.807, 2.05) is 0 Å². The molecule has 98 valence electrons. The van der Waals surface area contributed by atoms with Crippen molar-refractivity contribution in [3.05, 3.63) is 16.4 Å². The molecule has 18 heavy (non-hydrogen) atoms. The molecule has 0 radical (unpaired) electrons. The zero-order valence-electron chi connectivity index (χ0n) is 10.0. The maximum atomic E-state index is 10.9. The van der Waals surface area contributed by atoms with Crippen molar-refractivity contribution in [2.75, 3.05) is 23.9 Å². The molecule has 0 atom stereocenters. The summed E-state index contributed by atoms with van der Waals surface area (Å²) in [7, 11) is 0. The SMILES string of the molecule is CSC1(CNc2ncnc(N)c2[N+](=O)[O-])CCC1. The number of nitro groups is 1. The molecule has 0 bridgehead atoms. The van der Waals surface area contributed by atoms with Crippen LogP contribution in [0.1, 0.15) is 19.3 Å². The Labute approximate surface area is 109 Å². The summed E-state index contributed by atoms with van der Waals surface area (Å²) in [4.78, 5) is 17.9. The molecule has 2 rings (SSSR count). The van der Waals surface area contributed by atoms with Crippen molar-refractivity contribution in [3.63, 3.8) is 0 Å². The van der Waals surface area contributed by atoms with E-state index in [1.54, 1.807) is 11.8 Å². The number of hydrogen-bond acceptors (Lipinski definition) is 7. The van der Waals surface area contributed by atoms with E-state index in [0.29, 0.717) is 6.54 Å². The van der Waals surface area contributed by atoms with Gasteiger partial charge in [-0.15, -0.1) is 0 Å². The fraction of sp³-hybridized carbons (Fsp3) is 0.600. The van der Waals surface area contributed by atoms with Crippen molar-refractivity contribution in [2.45, 2.75) is 24.0 Å². The highest BCUT2D eigenvalue weighted by molar-refractivity contribution is 8.00. The molecule has 1 aromatic heterocycles. The van der Waals surface area contributed by atoms with Crippen LogP contribution in [0.5, 0.6) is 0 Å². The van der Waals surface area contributed by atoms with Gasteiger partial charge in [-0.25, -0.2) is 9.97 Å². The van der Waals surface area contributed by atoms with Crippen molar-refractivity contribution in [1.29, 1.82) is 0 Å². The van der Waals surface area contributed by atoms with Gasteiger partial charge in [0.25, 0.3) is 0 Å². The molecule has 1 aromatic rings. The van der Waals surface area contributed by atoms with E-state index >= 15 is 0 Å². The summed E-state index contributed by atoms with van der Waals surface area (Å²) in [6, 6.07) is 0. The molecule has 1 fully saturated rings. The molecule has 0 spiro atoms. The molecule has 1 heterocycles. The van der Waals surface area contributed by atoms with Crippen LogP contribution in [0.25, 0.3) is 0 Å². The summed E-state index contributed by atoms with van der Waals surface area (Å²) in [6.07, 6.45) is 6.74. The Balaban J connectivity index is 2.14. The van der Waals surface area contributed by atoms with E-state index in [-0.39, 0.29) is 22.1 Å². The first-order chi connectivity index (χ1) is 8.58. The van der Waals surface area contributed by atoms with Gasteiger partial charge in [0.2, 0.25) is 11.6 Å². The van der Waals surface area contributed by atoms with Crippen molar-refractivity contribution in [3.8, 4) is 0 Å². The van der Waals surface area contributed by atoms with Crippen molar-refractivity contribution in [1.82, 2.24) is 9.97 Å². The first-order valence-corrected chi connectivity index (χ1v) is 6.84. The van der Waals surface area contributed by atoms with Gasteiger partial charge >= 0.3 is 5.69 Å². The zero-order chi connectivity index (χ0) is 13.2. The topological polar surface area (TPSA) is 107 Å². The lowest BCUT2D eigenvalue weighted by Gasteiger charge is -2.40. The predicted octanol–water partition coefficient (Wildman–Crippen LogP) is 1.66. The fourth-order valence-corrected chi connectivity index (χ4v) is 2.88. The van der Waals surface area contributed by atoms with Crippen molar-refractivity contribution < 1.29 is 4.92 Å². The lowest BCUT2D eigenvalue weighted by atomic mass is 9.84. The molecule has 0 saturated heterocycles. The number of nitrogen functional groups attached to an aromatic ring is 1. The van der Waals surface area contributed by atoms with Crippen LogP contribution in [0.3, 0.4) is 0 Å². The third-order valence-corrected chi connectivity index (χ3v) is 4.73. The number of aromatic nitrogens is 2. The summed E-state index contributed by atoms with van der Waals surface area (Å²) in [6.45, 7) is 0.658. The van der Waals surface area contributed by atoms with E-state index < -0.39 is 4.92 Å². The first kappa shape index (κ1) is 12.9. The number of nitrogens with zero attached hydrogens (tertiary/aromatic N) is 3. The number of rotatable bonds is 5. The average molecular weight is 269 g/mol. The molecule has 0 amide bonds. The maximum absolute atomic E-state index is 10.9. The number of thioether (sulfide) groups is 1. The minimum atomic E-state index is -0.551. The van der Waals surface area contributed by atoms with Crippen LogP contribution >= 0.6 is 11.8 Å². The summed E-state index contributed by atoms with van der Waals surface area (Å²) < 4.78 is 0.174. The molecule has 8 heteroatoms. The second-order valence-electron chi connectivity index (χ2n) is 4.31. The van der Waals surface area contributed by atoms with Crippen LogP contribution in [-0.2, 0) is 0 Å². The first-order valence-electron chi connectivity index (χ1n) is 5.62. The Morgan fingerprint density at radius 3 is 2.83 bits per heavy atom. The van der Waals surface area contributed by atoms with Gasteiger partial charge in [0, 0.05) is 11.3 Å². The number of hydrogen-bond donors (Lipinski definition) is 2. The van der Waals surface area contributed by atoms with E-state index in [1.165, 1.54) is 12.7 Å². The quantitative estimate of drug-likeness (QED) is 0.618. The molecular formula is C10H15N5O2S. The van der Waals surface area contributed by atoms with Gasteiger partial charge in [0.15, 0.2) is 0 Å². The lowest BCUT2D eigenvalue weighted by molar-refractivity contribution is -0.383. The Kier molecular flexibility index (Phi) is 3.55. The summed E-state index contributed by atoms with van der Waals surface area (Å²) in [5.41, 5.74) is 5.26. The Morgan fingerprint density at radius 2 is 2.33 bits per heavy atom. The van der Waals surface area contributed by atoms with Gasteiger partial charge < -0.3 is 11.1 Å².